The number of halogens is 1. The van der Waals surface area contributed by atoms with Crippen LogP contribution in [0.2, 0.25) is 5.02 Å². The van der Waals surface area contributed by atoms with Gasteiger partial charge in [0.05, 0.1) is 28.8 Å². The average molecular weight is 487 g/mol. The SMILES string of the molecule is CCOC(=O)N1CCN(CC(=O)Nc2cc(S(=O)(=O)N3CCCCCC3)ccc2Cl)CC1. The van der Waals surface area contributed by atoms with Gasteiger partial charge in [0, 0.05) is 39.3 Å². The van der Waals surface area contributed by atoms with E-state index in [9.17, 15) is 18.0 Å². The molecule has 2 fully saturated rings. The van der Waals surface area contributed by atoms with Gasteiger partial charge in [-0.25, -0.2) is 13.2 Å². The Morgan fingerprint density at radius 3 is 2.31 bits per heavy atom. The Morgan fingerprint density at radius 2 is 1.69 bits per heavy atom. The Bertz CT molecular complexity index is 911. The van der Waals surface area contributed by atoms with Crippen molar-refractivity contribution in [3.63, 3.8) is 0 Å². The van der Waals surface area contributed by atoms with Crippen LogP contribution < -0.4 is 5.32 Å². The van der Waals surface area contributed by atoms with Crippen molar-refractivity contribution in [3.05, 3.63) is 23.2 Å². The highest BCUT2D eigenvalue weighted by atomic mass is 35.5. The van der Waals surface area contributed by atoms with Gasteiger partial charge in [-0.1, -0.05) is 24.4 Å². The molecule has 178 valence electrons. The van der Waals surface area contributed by atoms with E-state index in [1.165, 1.54) is 22.5 Å². The molecule has 0 aromatic heterocycles. The number of hydrogen-bond donors (Lipinski definition) is 1. The fraction of sp³-hybridized carbons (Fsp3) is 0.619. The third kappa shape index (κ3) is 6.34. The maximum absolute atomic E-state index is 13.1. The van der Waals surface area contributed by atoms with Gasteiger partial charge >= 0.3 is 6.09 Å². The fourth-order valence-corrected chi connectivity index (χ4v) is 5.60. The van der Waals surface area contributed by atoms with Crippen molar-refractivity contribution in [1.29, 1.82) is 0 Å². The van der Waals surface area contributed by atoms with Gasteiger partial charge in [0.1, 0.15) is 0 Å². The highest BCUT2D eigenvalue weighted by molar-refractivity contribution is 7.89. The number of nitrogens with one attached hydrogen (secondary N) is 1. The average Bonchev–Trinajstić information content (AvgIpc) is 3.06. The molecule has 0 spiro atoms. The summed E-state index contributed by atoms with van der Waals surface area (Å²) in [6.45, 7) is 5.27. The van der Waals surface area contributed by atoms with E-state index in [-0.39, 0.29) is 34.2 Å². The zero-order chi connectivity index (χ0) is 23.1. The summed E-state index contributed by atoms with van der Waals surface area (Å²) in [5.74, 6) is -0.291. The standard InChI is InChI=1S/C21H31ClN4O5S/c1-2-31-21(28)25-13-11-24(12-14-25)16-20(27)23-19-15-17(7-8-18(19)22)32(29,30)26-9-5-3-4-6-10-26/h7-8,15H,2-6,9-14,16H2,1H3,(H,23,27). The third-order valence-corrected chi connectivity index (χ3v) is 7.90. The number of ether oxygens (including phenoxy) is 1. The lowest BCUT2D eigenvalue weighted by atomic mass is 10.2. The van der Waals surface area contributed by atoms with E-state index in [0.29, 0.717) is 45.9 Å². The van der Waals surface area contributed by atoms with Crippen LogP contribution in [0.1, 0.15) is 32.6 Å². The second kappa shape index (κ2) is 11.3. The van der Waals surface area contributed by atoms with E-state index in [4.69, 9.17) is 16.3 Å². The van der Waals surface area contributed by atoms with Crippen molar-refractivity contribution < 1.29 is 22.7 Å². The number of amides is 2. The quantitative estimate of drug-likeness (QED) is 0.663. The molecule has 9 nitrogen and oxygen atoms in total. The van der Waals surface area contributed by atoms with Crippen LogP contribution in [0.3, 0.4) is 0 Å². The molecule has 0 aliphatic carbocycles. The number of carbonyl (C=O) groups excluding carboxylic acids is 2. The maximum Gasteiger partial charge on any atom is 0.409 e. The summed E-state index contributed by atoms with van der Waals surface area (Å²) in [6.07, 6.45) is 3.41. The first kappa shape index (κ1) is 24.8. The topological polar surface area (TPSA) is 99.3 Å². The first-order valence-electron chi connectivity index (χ1n) is 11.0. The molecule has 32 heavy (non-hydrogen) atoms. The van der Waals surface area contributed by atoms with Gasteiger partial charge < -0.3 is 15.0 Å². The number of nitrogens with zero attached hydrogens (tertiary/aromatic N) is 3. The van der Waals surface area contributed by atoms with Gasteiger partial charge in [-0.05, 0) is 38.0 Å². The van der Waals surface area contributed by atoms with Gasteiger partial charge in [-0.2, -0.15) is 4.31 Å². The summed E-state index contributed by atoms with van der Waals surface area (Å²) in [6, 6.07) is 4.41. The van der Waals surface area contributed by atoms with E-state index in [1.54, 1.807) is 11.8 Å². The van der Waals surface area contributed by atoms with Crippen molar-refractivity contribution in [2.24, 2.45) is 0 Å². The normalized spacial score (nSPS) is 18.8. The molecule has 0 unspecified atom stereocenters. The van der Waals surface area contributed by atoms with Gasteiger partial charge in [0.2, 0.25) is 15.9 Å². The molecular formula is C21H31ClN4O5S. The Hall–Kier alpha value is -1.88. The molecule has 0 saturated carbocycles. The summed E-state index contributed by atoms with van der Waals surface area (Å²) in [7, 11) is -3.64. The smallest absolute Gasteiger partial charge is 0.409 e. The van der Waals surface area contributed by atoms with Crippen molar-refractivity contribution in [1.82, 2.24) is 14.1 Å². The zero-order valence-corrected chi connectivity index (χ0v) is 20.0. The molecule has 11 heteroatoms. The molecule has 2 heterocycles. The van der Waals surface area contributed by atoms with Crippen LogP contribution in [0.15, 0.2) is 23.1 Å². The highest BCUT2D eigenvalue weighted by Gasteiger charge is 2.27. The second-order valence-corrected chi connectivity index (χ2v) is 10.3. The van der Waals surface area contributed by atoms with Crippen LogP contribution in [-0.2, 0) is 19.6 Å². The zero-order valence-electron chi connectivity index (χ0n) is 18.4. The Balaban J connectivity index is 1.60. The predicted octanol–water partition coefficient (Wildman–Crippen LogP) is 2.62. The van der Waals surface area contributed by atoms with Gasteiger partial charge in [-0.3, -0.25) is 9.69 Å². The van der Waals surface area contributed by atoms with E-state index >= 15 is 0 Å². The molecule has 2 saturated heterocycles. The first-order valence-corrected chi connectivity index (χ1v) is 12.9. The largest absolute Gasteiger partial charge is 0.450 e. The number of anilines is 1. The molecule has 1 aromatic carbocycles. The minimum Gasteiger partial charge on any atom is -0.450 e. The number of benzene rings is 1. The monoisotopic (exact) mass is 486 g/mol. The van der Waals surface area contributed by atoms with Crippen molar-refractivity contribution >= 4 is 39.3 Å². The molecule has 2 aliphatic heterocycles. The molecule has 1 N–H and O–H groups in total. The Labute approximate surface area is 194 Å². The second-order valence-electron chi connectivity index (χ2n) is 7.97. The number of rotatable bonds is 6. The van der Waals surface area contributed by atoms with Crippen LogP contribution in [0, 0.1) is 0 Å². The summed E-state index contributed by atoms with van der Waals surface area (Å²) in [5, 5.41) is 3.02. The number of piperazine rings is 1. The molecule has 1 aromatic rings. The van der Waals surface area contributed by atoms with Crippen LogP contribution in [0.5, 0.6) is 0 Å². The van der Waals surface area contributed by atoms with Crippen LogP contribution >= 0.6 is 11.6 Å². The highest BCUT2D eigenvalue weighted by Crippen LogP contribution is 2.28. The summed E-state index contributed by atoms with van der Waals surface area (Å²) in [5.41, 5.74) is 0.276. The van der Waals surface area contributed by atoms with Gasteiger partial charge in [0.25, 0.3) is 0 Å². The Morgan fingerprint density at radius 1 is 1.03 bits per heavy atom. The summed E-state index contributed by atoms with van der Waals surface area (Å²) in [4.78, 5) is 28.0. The maximum atomic E-state index is 13.1. The minimum absolute atomic E-state index is 0.121. The lowest BCUT2D eigenvalue weighted by molar-refractivity contribution is -0.117. The number of sulfonamides is 1. The molecule has 2 aliphatic rings. The van der Waals surface area contributed by atoms with Gasteiger partial charge in [0.15, 0.2) is 0 Å². The van der Waals surface area contributed by atoms with Crippen molar-refractivity contribution in [3.8, 4) is 0 Å². The minimum atomic E-state index is -3.64. The first-order chi connectivity index (χ1) is 15.3. The molecule has 0 radical (unpaired) electrons. The molecule has 2 amide bonds. The van der Waals surface area contributed by atoms with Crippen molar-refractivity contribution in [2.45, 2.75) is 37.5 Å². The van der Waals surface area contributed by atoms with Crippen molar-refractivity contribution in [2.75, 3.05) is 57.7 Å². The van der Waals surface area contributed by atoms with Crippen LogP contribution in [0.4, 0.5) is 10.5 Å². The fourth-order valence-electron chi connectivity index (χ4n) is 3.89. The number of carbonyl (C=O) groups is 2. The molecule has 3 rings (SSSR count). The third-order valence-electron chi connectivity index (χ3n) is 5.68. The lowest BCUT2D eigenvalue weighted by Crippen LogP contribution is -2.50. The summed E-state index contributed by atoms with van der Waals surface area (Å²) >= 11 is 6.23. The lowest BCUT2D eigenvalue weighted by Gasteiger charge is -2.33. The van der Waals surface area contributed by atoms with Crippen LogP contribution in [-0.4, -0.2) is 86.9 Å². The Kier molecular flexibility index (Phi) is 8.75. The van der Waals surface area contributed by atoms with E-state index in [2.05, 4.69) is 5.32 Å². The molecule has 0 atom stereocenters. The predicted molar refractivity (Wildman–Crippen MR) is 122 cm³/mol. The molecular weight excluding hydrogens is 456 g/mol. The van der Waals surface area contributed by atoms with E-state index in [0.717, 1.165) is 25.7 Å². The number of hydrogen-bond acceptors (Lipinski definition) is 6. The van der Waals surface area contributed by atoms with Gasteiger partial charge in [-0.15, -0.1) is 0 Å². The van der Waals surface area contributed by atoms with E-state index < -0.39 is 10.0 Å². The van der Waals surface area contributed by atoms with Crippen LogP contribution in [0.25, 0.3) is 0 Å². The van der Waals surface area contributed by atoms with E-state index in [1.807, 2.05) is 4.90 Å². The summed E-state index contributed by atoms with van der Waals surface area (Å²) < 4.78 is 32.6. The molecule has 0 bridgehead atoms.